The standard InChI is InChI=1S/C16H21NO4/c1-11-3-5-13(6-4-11)9-12(2)14(18)17-16(15(19)20)7-8-21-10-16/h3-6,12H,7-10H2,1-2H3,(H,17,18)(H,19,20). The van der Waals surface area contributed by atoms with E-state index < -0.39 is 11.5 Å². The topological polar surface area (TPSA) is 75.6 Å². The molecule has 2 atom stereocenters. The van der Waals surface area contributed by atoms with Crippen LogP contribution in [-0.4, -0.2) is 35.7 Å². The molecule has 21 heavy (non-hydrogen) atoms. The van der Waals surface area contributed by atoms with E-state index in [1.54, 1.807) is 6.92 Å². The average molecular weight is 291 g/mol. The van der Waals surface area contributed by atoms with E-state index in [2.05, 4.69) is 5.32 Å². The molecule has 2 rings (SSSR count). The van der Waals surface area contributed by atoms with Gasteiger partial charge in [-0.3, -0.25) is 4.79 Å². The van der Waals surface area contributed by atoms with Gasteiger partial charge in [0, 0.05) is 18.9 Å². The predicted molar refractivity (Wildman–Crippen MR) is 78.0 cm³/mol. The molecular weight excluding hydrogens is 270 g/mol. The normalized spacial score (nSPS) is 22.8. The van der Waals surface area contributed by atoms with Crippen molar-refractivity contribution >= 4 is 11.9 Å². The molecule has 0 aromatic heterocycles. The van der Waals surface area contributed by atoms with Gasteiger partial charge < -0.3 is 15.2 Å². The maximum atomic E-state index is 12.2. The van der Waals surface area contributed by atoms with Gasteiger partial charge in [0.25, 0.3) is 0 Å². The molecule has 1 aliphatic heterocycles. The fourth-order valence-corrected chi connectivity index (χ4v) is 2.42. The Balaban J connectivity index is 1.99. The predicted octanol–water partition coefficient (Wildman–Crippen LogP) is 1.53. The summed E-state index contributed by atoms with van der Waals surface area (Å²) in [5.41, 5.74) is 0.970. The molecule has 0 saturated carbocycles. The summed E-state index contributed by atoms with van der Waals surface area (Å²) in [6, 6.07) is 7.99. The van der Waals surface area contributed by atoms with Gasteiger partial charge in [0.05, 0.1) is 6.61 Å². The number of rotatable bonds is 5. The van der Waals surface area contributed by atoms with Gasteiger partial charge >= 0.3 is 5.97 Å². The second kappa shape index (κ2) is 6.26. The van der Waals surface area contributed by atoms with Crippen molar-refractivity contribution in [2.75, 3.05) is 13.2 Å². The first-order chi connectivity index (χ1) is 9.93. The van der Waals surface area contributed by atoms with Crippen LogP contribution in [0.4, 0.5) is 0 Å². The van der Waals surface area contributed by atoms with Gasteiger partial charge in [0.1, 0.15) is 0 Å². The fraction of sp³-hybridized carbons (Fsp3) is 0.500. The number of amides is 1. The van der Waals surface area contributed by atoms with Crippen molar-refractivity contribution in [3.05, 3.63) is 35.4 Å². The maximum Gasteiger partial charge on any atom is 0.331 e. The Hall–Kier alpha value is -1.88. The van der Waals surface area contributed by atoms with E-state index in [0.29, 0.717) is 19.4 Å². The van der Waals surface area contributed by atoms with Gasteiger partial charge in [0.2, 0.25) is 5.91 Å². The number of carbonyl (C=O) groups excluding carboxylic acids is 1. The van der Waals surface area contributed by atoms with Crippen LogP contribution in [0.25, 0.3) is 0 Å². The third kappa shape index (κ3) is 3.61. The third-order valence-electron chi connectivity index (χ3n) is 3.90. The van der Waals surface area contributed by atoms with E-state index in [9.17, 15) is 14.7 Å². The van der Waals surface area contributed by atoms with Crippen LogP contribution >= 0.6 is 0 Å². The van der Waals surface area contributed by atoms with Crippen molar-refractivity contribution in [3.8, 4) is 0 Å². The van der Waals surface area contributed by atoms with Crippen molar-refractivity contribution in [2.45, 2.75) is 32.2 Å². The van der Waals surface area contributed by atoms with Crippen molar-refractivity contribution in [3.63, 3.8) is 0 Å². The third-order valence-corrected chi connectivity index (χ3v) is 3.90. The second-order valence-electron chi connectivity index (χ2n) is 5.77. The van der Waals surface area contributed by atoms with Gasteiger partial charge in [-0.25, -0.2) is 4.79 Å². The van der Waals surface area contributed by atoms with Gasteiger partial charge in [-0.15, -0.1) is 0 Å². The smallest absolute Gasteiger partial charge is 0.331 e. The first-order valence-corrected chi connectivity index (χ1v) is 7.12. The Bertz CT molecular complexity index is 518. The molecule has 1 fully saturated rings. The van der Waals surface area contributed by atoms with Crippen molar-refractivity contribution in [2.24, 2.45) is 5.92 Å². The summed E-state index contributed by atoms with van der Waals surface area (Å²) < 4.78 is 5.14. The van der Waals surface area contributed by atoms with E-state index in [4.69, 9.17) is 4.74 Å². The molecule has 114 valence electrons. The number of carboxylic acid groups (broad SMARTS) is 1. The first-order valence-electron chi connectivity index (χ1n) is 7.12. The van der Waals surface area contributed by atoms with E-state index in [0.717, 1.165) is 5.56 Å². The van der Waals surface area contributed by atoms with Gasteiger partial charge in [-0.1, -0.05) is 36.8 Å². The van der Waals surface area contributed by atoms with Gasteiger partial charge in [0.15, 0.2) is 5.54 Å². The zero-order valence-electron chi connectivity index (χ0n) is 12.4. The number of aliphatic carboxylic acids is 1. The number of carbonyl (C=O) groups is 2. The lowest BCUT2D eigenvalue weighted by Crippen LogP contribution is -2.56. The molecule has 0 spiro atoms. The molecule has 1 amide bonds. The molecule has 1 heterocycles. The highest BCUT2D eigenvalue weighted by Crippen LogP contribution is 2.20. The quantitative estimate of drug-likeness (QED) is 0.862. The van der Waals surface area contributed by atoms with E-state index in [1.807, 2.05) is 31.2 Å². The van der Waals surface area contributed by atoms with Crippen LogP contribution in [0.15, 0.2) is 24.3 Å². The summed E-state index contributed by atoms with van der Waals surface area (Å²) in [7, 11) is 0. The monoisotopic (exact) mass is 291 g/mol. The Morgan fingerprint density at radius 3 is 2.57 bits per heavy atom. The number of aryl methyl sites for hydroxylation is 1. The lowest BCUT2D eigenvalue weighted by molar-refractivity contribution is -0.148. The minimum atomic E-state index is -1.27. The largest absolute Gasteiger partial charge is 0.479 e. The summed E-state index contributed by atoms with van der Waals surface area (Å²) >= 11 is 0. The number of hydrogen-bond acceptors (Lipinski definition) is 3. The molecule has 2 N–H and O–H groups in total. The molecule has 1 aromatic rings. The molecule has 1 saturated heterocycles. The van der Waals surface area contributed by atoms with Crippen LogP contribution in [0.1, 0.15) is 24.5 Å². The summed E-state index contributed by atoms with van der Waals surface area (Å²) in [5, 5.41) is 12.0. The number of ether oxygens (including phenoxy) is 1. The second-order valence-corrected chi connectivity index (χ2v) is 5.77. The van der Waals surface area contributed by atoms with E-state index >= 15 is 0 Å². The van der Waals surface area contributed by atoms with E-state index in [1.165, 1.54) is 5.56 Å². The summed E-state index contributed by atoms with van der Waals surface area (Å²) in [6.45, 7) is 4.21. The molecular formula is C16H21NO4. The summed E-state index contributed by atoms with van der Waals surface area (Å²) in [5.74, 6) is -1.57. The SMILES string of the molecule is Cc1ccc(CC(C)C(=O)NC2(C(=O)O)CCOC2)cc1. The van der Waals surface area contributed by atoms with Gasteiger partial charge in [-0.05, 0) is 18.9 Å². The van der Waals surface area contributed by atoms with Crippen molar-refractivity contribution in [1.29, 1.82) is 0 Å². The Labute approximate surface area is 124 Å². The molecule has 5 nitrogen and oxygen atoms in total. The molecule has 1 aromatic carbocycles. The number of nitrogens with one attached hydrogen (secondary N) is 1. The summed E-state index contributed by atoms with van der Waals surface area (Å²) in [4.78, 5) is 23.6. The molecule has 5 heteroatoms. The zero-order chi connectivity index (χ0) is 15.5. The molecule has 2 unspecified atom stereocenters. The van der Waals surface area contributed by atoms with Gasteiger partial charge in [-0.2, -0.15) is 0 Å². The fourth-order valence-electron chi connectivity index (χ4n) is 2.42. The Morgan fingerprint density at radius 2 is 2.05 bits per heavy atom. The van der Waals surface area contributed by atoms with E-state index in [-0.39, 0.29) is 18.4 Å². The molecule has 1 aliphatic rings. The Morgan fingerprint density at radius 1 is 1.38 bits per heavy atom. The Kier molecular flexibility index (Phi) is 4.63. The van der Waals surface area contributed by atoms with Crippen molar-refractivity contribution < 1.29 is 19.4 Å². The number of carboxylic acids is 1. The van der Waals surface area contributed by atoms with Crippen molar-refractivity contribution in [1.82, 2.24) is 5.32 Å². The molecule has 0 bridgehead atoms. The van der Waals surface area contributed by atoms with Crippen LogP contribution in [0.2, 0.25) is 0 Å². The minimum absolute atomic E-state index is 0.0331. The molecule has 0 aliphatic carbocycles. The lowest BCUT2D eigenvalue weighted by atomic mass is 9.95. The van der Waals surface area contributed by atoms with Crippen LogP contribution in [0, 0.1) is 12.8 Å². The first kappa shape index (κ1) is 15.5. The molecule has 0 radical (unpaired) electrons. The number of hydrogen-bond donors (Lipinski definition) is 2. The highest BCUT2D eigenvalue weighted by molar-refractivity contribution is 5.88. The van der Waals surface area contributed by atoms with Crippen LogP contribution < -0.4 is 5.32 Å². The zero-order valence-corrected chi connectivity index (χ0v) is 12.4. The maximum absolute atomic E-state index is 12.2. The lowest BCUT2D eigenvalue weighted by Gasteiger charge is -2.25. The highest BCUT2D eigenvalue weighted by atomic mass is 16.5. The van der Waals surface area contributed by atoms with Crippen LogP contribution in [-0.2, 0) is 20.7 Å². The average Bonchev–Trinajstić information content (AvgIpc) is 2.91. The van der Waals surface area contributed by atoms with Crippen LogP contribution in [0.3, 0.4) is 0 Å². The highest BCUT2D eigenvalue weighted by Gasteiger charge is 2.44. The number of benzene rings is 1. The minimum Gasteiger partial charge on any atom is -0.479 e. The summed E-state index contributed by atoms with van der Waals surface area (Å²) in [6.07, 6.45) is 0.897. The van der Waals surface area contributed by atoms with Crippen LogP contribution in [0.5, 0.6) is 0 Å².